The van der Waals surface area contributed by atoms with Gasteiger partial charge in [0.05, 0.1) is 19.8 Å². The number of carbonyl (C=O) groups excluding carboxylic acids is 1. The monoisotopic (exact) mass is 284 g/mol. The van der Waals surface area contributed by atoms with Crippen molar-refractivity contribution in [1.29, 1.82) is 0 Å². The number of esters is 1. The van der Waals surface area contributed by atoms with Gasteiger partial charge in [-0.25, -0.2) is 4.79 Å². The van der Waals surface area contributed by atoms with Gasteiger partial charge in [0, 0.05) is 0 Å². The molecular weight excluding hydrogens is 264 g/mol. The molecular formula is C18H20O3. The van der Waals surface area contributed by atoms with Crippen LogP contribution in [0.2, 0.25) is 0 Å². The second-order valence-electron chi connectivity index (χ2n) is 5.09. The van der Waals surface area contributed by atoms with Gasteiger partial charge in [0.25, 0.3) is 0 Å². The third-order valence-corrected chi connectivity index (χ3v) is 3.95. The van der Waals surface area contributed by atoms with E-state index < -0.39 is 0 Å². The van der Waals surface area contributed by atoms with E-state index in [2.05, 4.69) is 6.92 Å². The zero-order valence-electron chi connectivity index (χ0n) is 13.1. The van der Waals surface area contributed by atoms with E-state index in [4.69, 9.17) is 9.47 Å². The highest BCUT2D eigenvalue weighted by atomic mass is 16.5. The number of ether oxygens (including phenoxy) is 2. The SMILES string of the molecule is COC(=O)c1c(-c2ccc(OC)cc2)cc(C)c(C)c1C. The summed E-state index contributed by atoms with van der Waals surface area (Å²) in [7, 11) is 3.05. The van der Waals surface area contributed by atoms with Gasteiger partial charge in [-0.1, -0.05) is 18.2 Å². The molecule has 2 aromatic rings. The molecule has 3 nitrogen and oxygen atoms in total. The van der Waals surface area contributed by atoms with E-state index >= 15 is 0 Å². The van der Waals surface area contributed by atoms with Crippen LogP contribution in [0.15, 0.2) is 30.3 Å². The Hall–Kier alpha value is -2.29. The molecule has 0 unspecified atom stereocenters. The lowest BCUT2D eigenvalue weighted by Gasteiger charge is -2.16. The standard InChI is InChI=1S/C18H20O3/c1-11-10-16(14-6-8-15(20-4)9-7-14)17(18(19)21-5)13(3)12(11)2/h6-10H,1-5H3. The first-order valence-corrected chi connectivity index (χ1v) is 6.83. The number of benzene rings is 2. The summed E-state index contributed by atoms with van der Waals surface area (Å²) in [5.74, 6) is 0.486. The van der Waals surface area contributed by atoms with Gasteiger partial charge >= 0.3 is 5.97 Å². The van der Waals surface area contributed by atoms with Crippen LogP contribution in [0.5, 0.6) is 5.75 Å². The van der Waals surface area contributed by atoms with Gasteiger partial charge in [-0.3, -0.25) is 0 Å². The third-order valence-electron chi connectivity index (χ3n) is 3.95. The fraction of sp³-hybridized carbons (Fsp3) is 0.278. The molecule has 0 radical (unpaired) electrons. The lowest BCUT2D eigenvalue weighted by atomic mass is 9.90. The number of rotatable bonds is 3. The predicted molar refractivity (Wildman–Crippen MR) is 84.0 cm³/mol. The first kappa shape index (κ1) is 15.1. The second-order valence-corrected chi connectivity index (χ2v) is 5.09. The highest BCUT2D eigenvalue weighted by molar-refractivity contribution is 5.99. The molecule has 0 aromatic heterocycles. The van der Waals surface area contributed by atoms with Crippen molar-refractivity contribution in [1.82, 2.24) is 0 Å². The summed E-state index contributed by atoms with van der Waals surface area (Å²) < 4.78 is 10.1. The summed E-state index contributed by atoms with van der Waals surface area (Å²) in [5.41, 5.74) is 5.74. The molecule has 0 aliphatic carbocycles. The van der Waals surface area contributed by atoms with Crippen molar-refractivity contribution >= 4 is 5.97 Å². The average molecular weight is 284 g/mol. The van der Waals surface area contributed by atoms with Gasteiger partial charge in [-0.2, -0.15) is 0 Å². The van der Waals surface area contributed by atoms with Crippen LogP contribution in [0.25, 0.3) is 11.1 Å². The second kappa shape index (κ2) is 6.00. The average Bonchev–Trinajstić information content (AvgIpc) is 2.51. The molecule has 2 rings (SSSR count). The summed E-state index contributed by atoms with van der Waals surface area (Å²) in [4.78, 5) is 12.2. The summed E-state index contributed by atoms with van der Waals surface area (Å²) in [6.45, 7) is 6.03. The first-order chi connectivity index (χ1) is 9.99. The van der Waals surface area contributed by atoms with Gasteiger partial charge in [0.2, 0.25) is 0 Å². The molecule has 0 atom stereocenters. The summed E-state index contributed by atoms with van der Waals surface area (Å²) in [6.07, 6.45) is 0. The maximum Gasteiger partial charge on any atom is 0.338 e. The fourth-order valence-corrected chi connectivity index (χ4v) is 2.45. The highest BCUT2D eigenvalue weighted by Crippen LogP contribution is 2.31. The van der Waals surface area contributed by atoms with Gasteiger partial charge in [0.15, 0.2) is 0 Å². The molecule has 0 aliphatic heterocycles. The maximum absolute atomic E-state index is 12.2. The Kier molecular flexibility index (Phi) is 4.32. The Morgan fingerprint density at radius 2 is 1.57 bits per heavy atom. The molecule has 21 heavy (non-hydrogen) atoms. The molecule has 0 spiro atoms. The van der Waals surface area contributed by atoms with Gasteiger partial charge in [-0.05, 0) is 60.7 Å². The zero-order valence-corrected chi connectivity index (χ0v) is 13.1. The number of aryl methyl sites for hydroxylation is 1. The topological polar surface area (TPSA) is 35.5 Å². The third kappa shape index (κ3) is 2.77. The minimum Gasteiger partial charge on any atom is -0.497 e. The maximum atomic E-state index is 12.2. The largest absolute Gasteiger partial charge is 0.497 e. The molecule has 0 aliphatic rings. The summed E-state index contributed by atoms with van der Waals surface area (Å²) in [5, 5.41) is 0. The van der Waals surface area contributed by atoms with E-state index in [9.17, 15) is 4.79 Å². The lowest BCUT2D eigenvalue weighted by molar-refractivity contribution is 0.0600. The van der Waals surface area contributed by atoms with Crippen LogP contribution >= 0.6 is 0 Å². The minimum absolute atomic E-state index is 0.304. The number of hydrogen-bond acceptors (Lipinski definition) is 3. The highest BCUT2D eigenvalue weighted by Gasteiger charge is 2.19. The van der Waals surface area contributed by atoms with Crippen LogP contribution in [0.1, 0.15) is 27.0 Å². The molecule has 0 amide bonds. The molecule has 2 aromatic carbocycles. The number of methoxy groups -OCH3 is 2. The van der Waals surface area contributed by atoms with E-state index in [0.717, 1.165) is 33.6 Å². The summed E-state index contributed by atoms with van der Waals surface area (Å²) >= 11 is 0. The van der Waals surface area contributed by atoms with E-state index in [0.29, 0.717) is 5.56 Å². The van der Waals surface area contributed by atoms with Crippen LogP contribution in [-0.2, 0) is 4.74 Å². The molecule has 0 fully saturated rings. The Morgan fingerprint density at radius 1 is 0.952 bits per heavy atom. The van der Waals surface area contributed by atoms with E-state index in [1.165, 1.54) is 7.11 Å². The van der Waals surface area contributed by atoms with Crippen molar-refractivity contribution in [3.63, 3.8) is 0 Å². The number of carbonyl (C=O) groups is 1. The quantitative estimate of drug-likeness (QED) is 0.797. The van der Waals surface area contributed by atoms with Crippen molar-refractivity contribution in [3.05, 3.63) is 52.6 Å². The normalized spacial score (nSPS) is 10.3. The lowest BCUT2D eigenvalue weighted by Crippen LogP contribution is -2.08. The van der Waals surface area contributed by atoms with Crippen molar-refractivity contribution in [2.75, 3.05) is 14.2 Å². The molecule has 0 bridgehead atoms. The van der Waals surface area contributed by atoms with E-state index in [1.54, 1.807) is 7.11 Å². The van der Waals surface area contributed by atoms with Crippen LogP contribution < -0.4 is 4.74 Å². The minimum atomic E-state index is -0.304. The van der Waals surface area contributed by atoms with Crippen LogP contribution in [0.4, 0.5) is 0 Å². The Morgan fingerprint density at radius 3 is 2.10 bits per heavy atom. The molecule has 0 saturated heterocycles. The van der Waals surface area contributed by atoms with Gasteiger partial charge in [0.1, 0.15) is 5.75 Å². The first-order valence-electron chi connectivity index (χ1n) is 6.83. The molecule has 0 heterocycles. The Balaban J connectivity index is 2.68. The summed E-state index contributed by atoms with van der Waals surface area (Å²) in [6, 6.07) is 9.72. The van der Waals surface area contributed by atoms with Crippen molar-refractivity contribution in [2.24, 2.45) is 0 Å². The van der Waals surface area contributed by atoms with Gasteiger partial charge < -0.3 is 9.47 Å². The van der Waals surface area contributed by atoms with Crippen LogP contribution in [-0.4, -0.2) is 20.2 Å². The molecule has 110 valence electrons. The zero-order chi connectivity index (χ0) is 15.6. The Bertz CT molecular complexity index is 670. The fourth-order valence-electron chi connectivity index (χ4n) is 2.45. The molecule has 0 N–H and O–H groups in total. The predicted octanol–water partition coefficient (Wildman–Crippen LogP) is 4.07. The van der Waals surface area contributed by atoms with Crippen molar-refractivity contribution < 1.29 is 14.3 Å². The van der Waals surface area contributed by atoms with Crippen molar-refractivity contribution in [2.45, 2.75) is 20.8 Å². The van der Waals surface area contributed by atoms with Crippen LogP contribution in [0.3, 0.4) is 0 Å². The van der Waals surface area contributed by atoms with Crippen LogP contribution in [0, 0.1) is 20.8 Å². The smallest absolute Gasteiger partial charge is 0.338 e. The Labute approximate surface area is 125 Å². The van der Waals surface area contributed by atoms with Gasteiger partial charge in [-0.15, -0.1) is 0 Å². The molecule has 3 heteroatoms. The molecule has 0 saturated carbocycles. The number of hydrogen-bond donors (Lipinski definition) is 0. The van der Waals surface area contributed by atoms with E-state index in [-0.39, 0.29) is 5.97 Å². The van der Waals surface area contributed by atoms with Crippen molar-refractivity contribution in [3.8, 4) is 16.9 Å². The van der Waals surface area contributed by atoms with E-state index in [1.807, 2.05) is 44.2 Å².